The van der Waals surface area contributed by atoms with Crippen molar-refractivity contribution in [2.75, 3.05) is 0 Å². The van der Waals surface area contributed by atoms with Crippen LogP contribution in [-0.2, 0) is 0 Å². The topological polar surface area (TPSA) is 43.6 Å². The molecule has 0 amide bonds. The second-order valence-corrected chi connectivity index (χ2v) is 6.95. The van der Waals surface area contributed by atoms with E-state index >= 15 is 0 Å². The van der Waals surface area contributed by atoms with Gasteiger partial charge in [0, 0.05) is 0 Å². The van der Waals surface area contributed by atoms with Gasteiger partial charge in [-0.25, -0.2) is 0 Å². The third-order valence-electron chi connectivity index (χ3n) is 4.53. The van der Waals surface area contributed by atoms with Crippen LogP contribution in [0.3, 0.4) is 0 Å². The number of fused-ring (bicyclic) bond motifs is 2. The van der Waals surface area contributed by atoms with E-state index in [2.05, 4.69) is 63.4 Å². The van der Waals surface area contributed by atoms with Crippen molar-refractivity contribution in [3.05, 3.63) is 79.0 Å². The van der Waals surface area contributed by atoms with Crippen LogP contribution in [0.25, 0.3) is 38.6 Å². The first-order valence-corrected chi connectivity index (χ1v) is 9.24. The zero-order valence-corrected chi connectivity index (χ0v) is 15.6. The van der Waals surface area contributed by atoms with E-state index in [0.717, 1.165) is 37.7 Å². The predicted octanol–water partition coefficient (Wildman–Crippen LogP) is 3.43. The van der Waals surface area contributed by atoms with Crippen LogP contribution in [0, 0.1) is 0 Å². The quantitative estimate of drug-likeness (QED) is 0.430. The van der Waals surface area contributed by atoms with Gasteiger partial charge in [0.2, 0.25) is 0 Å². The summed E-state index contributed by atoms with van der Waals surface area (Å²) < 4.78 is 2.78. The van der Waals surface area contributed by atoms with Gasteiger partial charge in [0.05, 0.1) is 0 Å². The van der Waals surface area contributed by atoms with Crippen LogP contribution in [0.2, 0.25) is 0 Å². The Morgan fingerprint density at radius 3 is 2.46 bits per heavy atom. The Kier molecular flexibility index (Phi) is 3.58. The summed E-state index contributed by atoms with van der Waals surface area (Å²) in [5.74, 6) is 0. The molecular weight excluding hydrogens is 383 g/mol. The van der Waals surface area contributed by atoms with Crippen LogP contribution in [-0.4, -0.2) is 36.8 Å². The van der Waals surface area contributed by atoms with E-state index in [4.69, 9.17) is 5.10 Å². The molecule has 0 fully saturated rings. The van der Waals surface area contributed by atoms with Crippen LogP contribution in [0.5, 0.6) is 0 Å². The number of benzene rings is 3. The molecule has 2 radical (unpaired) electrons. The summed E-state index contributed by atoms with van der Waals surface area (Å²) in [7, 11) is 0. The van der Waals surface area contributed by atoms with E-state index in [1.807, 2.05) is 47.3 Å². The molecule has 0 aliphatic carbocycles. The van der Waals surface area contributed by atoms with E-state index in [0.29, 0.717) is 0 Å². The number of aromatic nitrogens is 4. The zero-order chi connectivity index (χ0) is 17.5. The summed E-state index contributed by atoms with van der Waals surface area (Å²) in [6, 6.07) is 24.8. The number of rotatable bonds is 2. The van der Waals surface area contributed by atoms with Gasteiger partial charge >= 0.3 is 159 Å². The SMILES string of the molecule is [As]c1nn(-c2cccc3ccccc23)c2nncc(-c3ccccc3)c12. The fourth-order valence-corrected chi connectivity index (χ4v) is 3.98. The van der Waals surface area contributed by atoms with Crippen LogP contribution < -0.4 is 4.48 Å². The molecule has 4 nitrogen and oxygen atoms in total. The average Bonchev–Trinajstić information content (AvgIpc) is 3.05. The molecule has 5 heteroatoms. The van der Waals surface area contributed by atoms with Crippen molar-refractivity contribution < 1.29 is 0 Å². The van der Waals surface area contributed by atoms with Gasteiger partial charge in [0.15, 0.2) is 0 Å². The molecule has 0 aliphatic rings. The van der Waals surface area contributed by atoms with Crippen LogP contribution >= 0.6 is 0 Å². The Hall–Kier alpha value is -2.97. The number of hydrogen-bond donors (Lipinski definition) is 0. The second-order valence-electron chi connectivity index (χ2n) is 6.06. The summed E-state index contributed by atoms with van der Waals surface area (Å²) in [5, 5.41) is 16.8. The molecule has 0 atom stereocenters. The molecule has 0 unspecified atom stereocenters. The van der Waals surface area contributed by atoms with Crippen molar-refractivity contribution in [3.8, 4) is 16.8 Å². The van der Waals surface area contributed by atoms with Gasteiger partial charge < -0.3 is 0 Å². The van der Waals surface area contributed by atoms with Gasteiger partial charge in [-0.1, -0.05) is 0 Å². The Balaban J connectivity index is 1.84. The van der Waals surface area contributed by atoms with Crippen molar-refractivity contribution in [1.29, 1.82) is 0 Å². The summed E-state index contributed by atoms with van der Waals surface area (Å²) in [4.78, 5) is 0. The zero-order valence-electron chi connectivity index (χ0n) is 13.7. The molecule has 0 bridgehead atoms. The summed E-state index contributed by atoms with van der Waals surface area (Å²) >= 11 is 2.56. The van der Waals surface area contributed by atoms with E-state index in [1.54, 1.807) is 0 Å². The van der Waals surface area contributed by atoms with Gasteiger partial charge in [-0.3, -0.25) is 0 Å². The summed E-state index contributed by atoms with van der Waals surface area (Å²) in [5.41, 5.74) is 3.91. The third-order valence-corrected chi connectivity index (χ3v) is 5.19. The molecule has 26 heavy (non-hydrogen) atoms. The Morgan fingerprint density at radius 2 is 1.58 bits per heavy atom. The number of hydrogen-bond acceptors (Lipinski definition) is 3. The molecule has 0 N–H and O–H groups in total. The van der Waals surface area contributed by atoms with Gasteiger partial charge in [0.1, 0.15) is 0 Å². The molecule has 122 valence electrons. The van der Waals surface area contributed by atoms with Crippen LogP contribution in [0.4, 0.5) is 0 Å². The third kappa shape index (κ3) is 2.34. The summed E-state index contributed by atoms with van der Waals surface area (Å²) in [6.45, 7) is 0. The molecule has 5 aromatic rings. The van der Waals surface area contributed by atoms with E-state index in [-0.39, 0.29) is 0 Å². The first-order valence-electron chi connectivity index (χ1n) is 8.30. The minimum absolute atomic E-state index is 0.762. The fraction of sp³-hybridized carbons (Fsp3) is 0. The maximum atomic E-state index is 4.78. The molecule has 3 aromatic carbocycles. The van der Waals surface area contributed by atoms with Crippen molar-refractivity contribution in [2.24, 2.45) is 0 Å². The molecule has 0 saturated carbocycles. The van der Waals surface area contributed by atoms with Crippen molar-refractivity contribution >= 4 is 43.1 Å². The molecule has 5 rings (SSSR count). The molecular formula is C21H13AsN4. The van der Waals surface area contributed by atoms with Gasteiger partial charge in [-0.2, -0.15) is 0 Å². The molecule has 2 heterocycles. The molecule has 0 aliphatic heterocycles. The molecule has 2 aromatic heterocycles. The van der Waals surface area contributed by atoms with Gasteiger partial charge in [-0.05, 0) is 0 Å². The summed E-state index contributed by atoms with van der Waals surface area (Å²) in [6.07, 6.45) is 1.81. The number of nitrogens with zero attached hydrogens (tertiary/aromatic N) is 4. The van der Waals surface area contributed by atoms with Crippen molar-refractivity contribution in [1.82, 2.24) is 20.0 Å². The second kappa shape index (κ2) is 6.08. The van der Waals surface area contributed by atoms with E-state index in [9.17, 15) is 0 Å². The first-order chi connectivity index (χ1) is 12.8. The predicted molar refractivity (Wildman–Crippen MR) is 105 cm³/mol. The standard InChI is InChI=1S/C21H13AsN4/c22-20-19-17(15-7-2-1-3-8-15)13-23-24-21(19)26(25-20)18-12-6-10-14-9-4-5-11-16(14)18/h1-13H. The van der Waals surface area contributed by atoms with Gasteiger partial charge in [0.25, 0.3) is 0 Å². The van der Waals surface area contributed by atoms with E-state index in [1.165, 1.54) is 5.39 Å². The Morgan fingerprint density at radius 1 is 0.808 bits per heavy atom. The normalized spacial score (nSPS) is 11.3. The van der Waals surface area contributed by atoms with Crippen molar-refractivity contribution in [2.45, 2.75) is 0 Å². The molecule has 0 spiro atoms. The Bertz CT molecular complexity index is 1240. The van der Waals surface area contributed by atoms with E-state index < -0.39 is 0 Å². The minimum atomic E-state index is 0.762. The molecule has 0 saturated heterocycles. The average molecular weight is 396 g/mol. The van der Waals surface area contributed by atoms with Crippen LogP contribution in [0.1, 0.15) is 0 Å². The first kappa shape index (κ1) is 15.3. The monoisotopic (exact) mass is 396 g/mol. The van der Waals surface area contributed by atoms with Gasteiger partial charge in [-0.15, -0.1) is 0 Å². The van der Waals surface area contributed by atoms with Crippen LogP contribution in [0.15, 0.2) is 79.0 Å². The fourth-order valence-electron chi connectivity index (χ4n) is 3.33. The maximum absolute atomic E-state index is 4.78. The van der Waals surface area contributed by atoms with Crippen molar-refractivity contribution in [3.63, 3.8) is 0 Å². The Labute approximate surface area is 159 Å².